The average molecular weight is 263 g/mol. The summed E-state index contributed by atoms with van der Waals surface area (Å²) in [6.45, 7) is 6.82. The SMILES string of the molecule is Cc1ccc(C)c(C(=O)N2CC(C)OC(CO)C2)c1. The molecular weight excluding hydrogens is 242 g/mol. The largest absolute Gasteiger partial charge is 0.394 e. The Labute approximate surface area is 114 Å². The van der Waals surface area contributed by atoms with Gasteiger partial charge in [0.15, 0.2) is 0 Å². The van der Waals surface area contributed by atoms with Crippen LogP contribution in [0.2, 0.25) is 0 Å². The highest BCUT2D eigenvalue weighted by Gasteiger charge is 2.29. The third-order valence-electron chi connectivity index (χ3n) is 3.44. The number of hydrogen-bond donors (Lipinski definition) is 1. The molecule has 1 saturated heterocycles. The second kappa shape index (κ2) is 5.72. The van der Waals surface area contributed by atoms with Gasteiger partial charge in [0.05, 0.1) is 18.8 Å². The summed E-state index contributed by atoms with van der Waals surface area (Å²) >= 11 is 0. The van der Waals surface area contributed by atoms with Crippen molar-refractivity contribution in [2.45, 2.75) is 33.0 Å². The number of hydrogen-bond acceptors (Lipinski definition) is 3. The number of carbonyl (C=O) groups is 1. The van der Waals surface area contributed by atoms with Crippen LogP contribution in [0.4, 0.5) is 0 Å². The molecule has 0 aromatic heterocycles. The highest BCUT2D eigenvalue weighted by Crippen LogP contribution is 2.17. The van der Waals surface area contributed by atoms with Crippen LogP contribution in [0.3, 0.4) is 0 Å². The third kappa shape index (κ3) is 3.14. The molecule has 1 aromatic carbocycles. The van der Waals surface area contributed by atoms with E-state index in [1.54, 1.807) is 4.90 Å². The average Bonchev–Trinajstić information content (AvgIpc) is 2.40. The Balaban J connectivity index is 2.21. The molecule has 104 valence electrons. The maximum atomic E-state index is 12.6. The van der Waals surface area contributed by atoms with Gasteiger partial charge in [-0.1, -0.05) is 17.7 Å². The van der Waals surface area contributed by atoms with E-state index in [4.69, 9.17) is 4.74 Å². The normalized spacial score (nSPS) is 23.5. The van der Waals surface area contributed by atoms with Gasteiger partial charge in [-0.15, -0.1) is 0 Å². The molecule has 1 N–H and O–H groups in total. The highest BCUT2D eigenvalue weighted by atomic mass is 16.5. The predicted octanol–water partition coefficient (Wildman–Crippen LogP) is 1.53. The Morgan fingerprint density at radius 3 is 2.84 bits per heavy atom. The Morgan fingerprint density at radius 2 is 2.16 bits per heavy atom. The lowest BCUT2D eigenvalue weighted by atomic mass is 10.0. The molecule has 1 fully saturated rings. The van der Waals surface area contributed by atoms with Gasteiger partial charge in [-0.3, -0.25) is 4.79 Å². The number of nitrogens with zero attached hydrogens (tertiary/aromatic N) is 1. The first-order chi connectivity index (χ1) is 9.01. The van der Waals surface area contributed by atoms with Crippen LogP contribution >= 0.6 is 0 Å². The predicted molar refractivity (Wildman–Crippen MR) is 73.2 cm³/mol. The lowest BCUT2D eigenvalue weighted by Crippen LogP contribution is -2.50. The van der Waals surface area contributed by atoms with Gasteiger partial charge in [0.25, 0.3) is 5.91 Å². The number of rotatable bonds is 2. The molecule has 1 heterocycles. The molecule has 1 aliphatic rings. The number of amides is 1. The first-order valence-corrected chi connectivity index (χ1v) is 6.64. The van der Waals surface area contributed by atoms with Crippen LogP contribution in [0, 0.1) is 13.8 Å². The number of morpholine rings is 1. The Morgan fingerprint density at radius 1 is 1.42 bits per heavy atom. The van der Waals surface area contributed by atoms with E-state index in [-0.39, 0.29) is 24.7 Å². The van der Waals surface area contributed by atoms with Crippen molar-refractivity contribution < 1.29 is 14.6 Å². The first kappa shape index (κ1) is 14.0. The zero-order valence-corrected chi connectivity index (χ0v) is 11.7. The molecule has 4 nitrogen and oxygen atoms in total. The fourth-order valence-electron chi connectivity index (χ4n) is 2.45. The molecule has 0 bridgehead atoms. The standard InChI is InChI=1S/C15H21NO3/c1-10-4-5-11(2)14(6-10)15(18)16-7-12(3)19-13(8-16)9-17/h4-6,12-13,17H,7-9H2,1-3H3. The van der Waals surface area contributed by atoms with Gasteiger partial charge in [0.1, 0.15) is 0 Å². The van der Waals surface area contributed by atoms with E-state index in [2.05, 4.69) is 0 Å². The Bertz CT molecular complexity index is 472. The zero-order valence-electron chi connectivity index (χ0n) is 11.7. The summed E-state index contributed by atoms with van der Waals surface area (Å²) in [6.07, 6.45) is -0.321. The van der Waals surface area contributed by atoms with Gasteiger partial charge in [0, 0.05) is 18.7 Å². The summed E-state index contributed by atoms with van der Waals surface area (Å²) in [7, 11) is 0. The van der Waals surface area contributed by atoms with Crippen molar-refractivity contribution in [2.24, 2.45) is 0 Å². The summed E-state index contributed by atoms with van der Waals surface area (Å²) in [5.41, 5.74) is 2.80. The molecule has 0 spiro atoms. The van der Waals surface area contributed by atoms with Crippen molar-refractivity contribution in [2.75, 3.05) is 19.7 Å². The second-order valence-electron chi connectivity index (χ2n) is 5.28. The van der Waals surface area contributed by atoms with E-state index >= 15 is 0 Å². The van der Waals surface area contributed by atoms with E-state index < -0.39 is 0 Å². The quantitative estimate of drug-likeness (QED) is 0.880. The van der Waals surface area contributed by atoms with Gasteiger partial charge >= 0.3 is 0 Å². The minimum Gasteiger partial charge on any atom is -0.394 e. The molecule has 1 aliphatic heterocycles. The van der Waals surface area contributed by atoms with Crippen molar-refractivity contribution in [3.63, 3.8) is 0 Å². The smallest absolute Gasteiger partial charge is 0.254 e. The van der Waals surface area contributed by atoms with Crippen molar-refractivity contribution >= 4 is 5.91 Å². The maximum Gasteiger partial charge on any atom is 0.254 e. The van der Waals surface area contributed by atoms with Gasteiger partial charge in [-0.25, -0.2) is 0 Å². The van der Waals surface area contributed by atoms with E-state index in [1.165, 1.54) is 0 Å². The molecule has 0 aliphatic carbocycles. The number of ether oxygens (including phenoxy) is 1. The molecule has 1 amide bonds. The molecule has 2 rings (SSSR count). The summed E-state index contributed by atoms with van der Waals surface area (Å²) in [6, 6.07) is 5.90. The molecule has 1 aromatic rings. The summed E-state index contributed by atoms with van der Waals surface area (Å²) < 4.78 is 5.56. The van der Waals surface area contributed by atoms with Crippen LogP contribution in [0.5, 0.6) is 0 Å². The second-order valence-corrected chi connectivity index (χ2v) is 5.28. The Kier molecular flexibility index (Phi) is 4.22. The van der Waals surface area contributed by atoms with Gasteiger partial charge < -0.3 is 14.7 Å². The lowest BCUT2D eigenvalue weighted by Gasteiger charge is -2.36. The summed E-state index contributed by atoms with van der Waals surface area (Å²) in [5, 5.41) is 9.21. The van der Waals surface area contributed by atoms with Crippen LogP contribution < -0.4 is 0 Å². The van der Waals surface area contributed by atoms with E-state index in [9.17, 15) is 9.90 Å². The fourth-order valence-corrected chi connectivity index (χ4v) is 2.45. The number of aliphatic hydroxyl groups excluding tert-OH is 1. The highest BCUT2D eigenvalue weighted by molar-refractivity contribution is 5.96. The van der Waals surface area contributed by atoms with Gasteiger partial charge in [0.2, 0.25) is 0 Å². The lowest BCUT2D eigenvalue weighted by molar-refractivity contribution is -0.0858. The van der Waals surface area contributed by atoms with E-state index in [0.717, 1.165) is 16.7 Å². The van der Waals surface area contributed by atoms with E-state index in [1.807, 2.05) is 39.0 Å². The summed E-state index contributed by atoms with van der Waals surface area (Å²) in [5.74, 6) is 0.0230. The Hall–Kier alpha value is -1.39. The van der Waals surface area contributed by atoms with Crippen LogP contribution in [0.15, 0.2) is 18.2 Å². The topological polar surface area (TPSA) is 49.8 Å². The van der Waals surface area contributed by atoms with Gasteiger partial charge in [-0.2, -0.15) is 0 Å². The van der Waals surface area contributed by atoms with Crippen molar-refractivity contribution in [1.82, 2.24) is 4.90 Å². The van der Waals surface area contributed by atoms with Crippen molar-refractivity contribution in [3.05, 3.63) is 34.9 Å². The minimum atomic E-state index is -0.280. The third-order valence-corrected chi connectivity index (χ3v) is 3.44. The monoisotopic (exact) mass is 263 g/mol. The van der Waals surface area contributed by atoms with Crippen LogP contribution in [0.25, 0.3) is 0 Å². The maximum absolute atomic E-state index is 12.6. The molecular formula is C15H21NO3. The molecule has 0 radical (unpaired) electrons. The number of carbonyl (C=O) groups excluding carboxylic acids is 1. The fraction of sp³-hybridized carbons (Fsp3) is 0.533. The van der Waals surface area contributed by atoms with Crippen LogP contribution in [-0.4, -0.2) is 47.8 Å². The van der Waals surface area contributed by atoms with Crippen LogP contribution in [-0.2, 0) is 4.74 Å². The number of benzene rings is 1. The number of aryl methyl sites for hydroxylation is 2. The van der Waals surface area contributed by atoms with Crippen molar-refractivity contribution in [1.29, 1.82) is 0 Å². The first-order valence-electron chi connectivity index (χ1n) is 6.64. The molecule has 4 heteroatoms. The van der Waals surface area contributed by atoms with Crippen LogP contribution in [0.1, 0.15) is 28.4 Å². The zero-order chi connectivity index (χ0) is 14.0. The molecule has 2 atom stereocenters. The minimum absolute atomic E-state index is 0.0230. The molecule has 2 unspecified atom stereocenters. The molecule has 19 heavy (non-hydrogen) atoms. The number of aliphatic hydroxyl groups is 1. The summed E-state index contributed by atoms with van der Waals surface area (Å²) in [4.78, 5) is 14.3. The van der Waals surface area contributed by atoms with Gasteiger partial charge in [-0.05, 0) is 32.4 Å². The van der Waals surface area contributed by atoms with E-state index in [0.29, 0.717) is 13.1 Å². The van der Waals surface area contributed by atoms with Crippen molar-refractivity contribution in [3.8, 4) is 0 Å². The molecule has 0 saturated carbocycles.